The number of piperazine rings is 1. The number of hydrogen-bond donors (Lipinski definition) is 1. The van der Waals surface area contributed by atoms with Gasteiger partial charge in [0.2, 0.25) is 11.8 Å². The molecule has 8 nitrogen and oxygen atoms in total. The second-order valence-electron chi connectivity index (χ2n) is 11.0. The molecule has 0 spiro atoms. The van der Waals surface area contributed by atoms with Crippen molar-refractivity contribution in [3.63, 3.8) is 0 Å². The monoisotopic (exact) mass is 571 g/mol. The van der Waals surface area contributed by atoms with Crippen molar-refractivity contribution in [2.75, 3.05) is 38.3 Å². The summed E-state index contributed by atoms with van der Waals surface area (Å²) in [6, 6.07) is 21.1. The van der Waals surface area contributed by atoms with Gasteiger partial charge in [-0.2, -0.15) is 0 Å². The molecule has 8 heteroatoms. The summed E-state index contributed by atoms with van der Waals surface area (Å²) in [5.41, 5.74) is 5.30. The second kappa shape index (κ2) is 13.9. The standard InChI is InChI=1S/C34H41N3O5/c1-24-8-6-10-26(25(24)2)22-36(28-12-13-28)34(39)31-20-35-21-33(38)37(31)29-14-16-30(17-15-29)42-19-7-18-41-23-27-9-4-5-11-32(27)40-3/h4-6,8-11,14-17,28,31,35H,7,12-13,18-23H2,1-3H3/t31-/m1/s1. The molecule has 0 aromatic heterocycles. The lowest BCUT2D eigenvalue weighted by molar-refractivity contribution is -0.136. The maximum absolute atomic E-state index is 14.0. The van der Waals surface area contributed by atoms with Gasteiger partial charge in [0.25, 0.3) is 0 Å². The predicted octanol–water partition coefficient (Wildman–Crippen LogP) is 4.79. The Labute approximate surface area is 248 Å². The molecule has 1 saturated heterocycles. The van der Waals surface area contributed by atoms with Crippen molar-refractivity contribution < 1.29 is 23.8 Å². The zero-order valence-corrected chi connectivity index (χ0v) is 24.8. The van der Waals surface area contributed by atoms with E-state index in [1.54, 1.807) is 12.0 Å². The van der Waals surface area contributed by atoms with Gasteiger partial charge in [-0.05, 0) is 73.7 Å². The minimum absolute atomic E-state index is 0.00703. The van der Waals surface area contributed by atoms with Crippen molar-refractivity contribution in [3.8, 4) is 11.5 Å². The molecule has 0 radical (unpaired) electrons. The lowest BCUT2D eigenvalue weighted by Crippen LogP contribution is -2.61. The molecule has 222 valence electrons. The molecule has 2 amide bonds. The third kappa shape index (κ3) is 7.12. The number of carbonyl (C=O) groups excluding carboxylic acids is 2. The Morgan fingerprint density at radius 2 is 1.74 bits per heavy atom. The van der Waals surface area contributed by atoms with Crippen molar-refractivity contribution in [2.24, 2.45) is 0 Å². The summed E-state index contributed by atoms with van der Waals surface area (Å²) in [5, 5.41) is 3.15. The smallest absolute Gasteiger partial charge is 0.247 e. The molecule has 0 unspecified atom stereocenters. The van der Waals surface area contributed by atoms with Crippen molar-refractivity contribution in [1.29, 1.82) is 0 Å². The Kier molecular flexibility index (Phi) is 9.77. The maximum atomic E-state index is 14.0. The van der Waals surface area contributed by atoms with Gasteiger partial charge in [0.05, 0.1) is 33.5 Å². The molecule has 1 aliphatic heterocycles. The fourth-order valence-corrected chi connectivity index (χ4v) is 5.38. The van der Waals surface area contributed by atoms with Gasteiger partial charge >= 0.3 is 0 Å². The molecule has 3 aromatic carbocycles. The number of hydrogen-bond acceptors (Lipinski definition) is 6. The molecule has 3 aromatic rings. The molecule has 42 heavy (non-hydrogen) atoms. The number of para-hydroxylation sites is 1. The molecule has 1 heterocycles. The van der Waals surface area contributed by atoms with Gasteiger partial charge in [-0.3, -0.25) is 14.5 Å². The van der Waals surface area contributed by atoms with Crippen LogP contribution in [0.5, 0.6) is 11.5 Å². The first-order valence-electron chi connectivity index (χ1n) is 14.8. The number of anilines is 1. The lowest BCUT2D eigenvalue weighted by atomic mass is 10.0. The van der Waals surface area contributed by atoms with Crippen LogP contribution in [0.3, 0.4) is 0 Å². The van der Waals surface area contributed by atoms with Crippen LogP contribution in [-0.2, 0) is 27.5 Å². The van der Waals surface area contributed by atoms with E-state index >= 15 is 0 Å². The number of nitrogens with zero attached hydrogens (tertiary/aromatic N) is 2. The summed E-state index contributed by atoms with van der Waals surface area (Å²) in [6.45, 7) is 6.95. The van der Waals surface area contributed by atoms with Crippen LogP contribution in [0.25, 0.3) is 0 Å². The van der Waals surface area contributed by atoms with Crippen molar-refractivity contribution >= 4 is 17.5 Å². The average Bonchev–Trinajstić information content (AvgIpc) is 3.85. The number of nitrogens with one attached hydrogen (secondary N) is 1. The van der Waals surface area contributed by atoms with E-state index in [1.165, 1.54) is 11.1 Å². The Morgan fingerprint density at radius 3 is 2.50 bits per heavy atom. The first kappa shape index (κ1) is 29.6. The minimum atomic E-state index is -0.593. The molecule has 1 saturated carbocycles. The topological polar surface area (TPSA) is 80.3 Å². The molecule has 2 aliphatic rings. The van der Waals surface area contributed by atoms with Crippen molar-refractivity contribution in [1.82, 2.24) is 10.2 Å². The van der Waals surface area contributed by atoms with E-state index in [2.05, 4.69) is 31.3 Å². The summed E-state index contributed by atoms with van der Waals surface area (Å²) in [6.07, 6.45) is 2.74. The average molecular weight is 572 g/mol. The number of carbonyl (C=O) groups is 2. The number of amides is 2. The van der Waals surface area contributed by atoms with Crippen LogP contribution in [0.2, 0.25) is 0 Å². The quantitative estimate of drug-likeness (QED) is 0.297. The SMILES string of the molecule is COc1ccccc1COCCCOc1ccc(N2C(=O)CNC[C@@H]2C(=O)N(Cc2cccc(C)c2C)C2CC2)cc1. The van der Waals surface area contributed by atoms with E-state index in [9.17, 15) is 9.59 Å². The van der Waals surface area contributed by atoms with Gasteiger partial charge < -0.3 is 24.4 Å². The number of ether oxygens (including phenoxy) is 3. The summed E-state index contributed by atoms with van der Waals surface area (Å²) in [7, 11) is 1.66. The Balaban J connectivity index is 1.17. The predicted molar refractivity (Wildman–Crippen MR) is 163 cm³/mol. The number of aryl methyl sites for hydroxylation is 1. The van der Waals surface area contributed by atoms with Crippen LogP contribution in [-0.4, -0.2) is 62.2 Å². The van der Waals surface area contributed by atoms with E-state index in [0.29, 0.717) is 44.3 Å². The van der Waals surface area contributed by atoms with E-state index in [1.807, 2.05) is 59.5 Å². The van der Waals surface area contributed by atoms with Crippen molar-refractivity contribution in [2.45, 2.75) is 58.3 Å². The normalized spacial score (nSPS) is 16.8. The third-order valence-corrected chi connectivity index (χ3v) is 8.07. The minimum Gasteiger partial charge on any atom is -0.496 e. The zero-order valence-electron chi connectivity index (χ0n) is 24.8. The number of rotatable bonds is 13. The van der Waals surface area contributed by atoms with Crippen LogP contribution >= 0.6 is 0 Å². The van der Waals surface area contributed by atoms with Gasteiger partial charge in [-0.25, -0.2) is 0 Å². The maximum Gasteiger partial charge on any atom is 0.247 e. The Hall–Kier alpha value is -3.88. The summed E-state index contributed by atoms with van der Waals surface area (Å²) < 4.78 is 17.1. The van der Waals surface area contributed by atoms with Gasteiger partial charge in [-0.1, -0.05) is 36.4 Å². The lowest BCUT2D eigenvalue weighted by Gasteiger charge is -2.38. The first-order chi connectivity index (χ1) is 20.5. The van der Waals surface area contributed by atoms with E-state index in [-0.39, 0.29) is 24.4 Å². The third-order valence-electron chi connectivity index (χ3n) is 8.07. The fraction of sp³-hybridized carbons (Fsp3) is 0.412. The fourth-order valence-electron chi connectivity index (χ4n) is 5.38. The summed E-state index contributed by atoms with van der Waals surface area (Å²) in [5.74, 6) is 1.42. The van der Waals surface area contributed by atoms with Crippen LogP contribution < -0.4 is 19.7 Å². The van der Waals surface area contributed by atoms with Gasteiger partial charge in [0, 0.05) is 36.8 Å². The molecule has 0 bridgehead atoms. The second-order valence-corrected chi connectivity index (χ2v) is 11.0. The highest BCUT2D eigenvalue weighted by Crippen LogP contribution is 2.32. The van der Waals surface area contributed by atoms with Crippen LogP contribution in [0, 0.1) is 13.8 Å². The molecule has 2 fully saturated rings. The molecule has 1 atom stereocenters. The Bertz CT molecular complexity index is 1370. The highest BCUT2D eigenvalue weighted by Gasteiger charge is 2.41. The number of benzene rings is 3. The highest BCUT2D eigenvalue weighted by molar-refractivity contribution is 6.03. The summed E-state index contributed by atoms with van der Waals surface area (Å²) in [4.78, 5) is 30.7. The number of methoxy groups -OCH3 is 1. The van der Waals surface area contributed by atoms with E-state index < -0.39 is 6.04 Å². The Morgan fingerprint density at radius 1 is 0.976 bits per heavy atom. The first-order valence-corrected chi connectivity index (χ1v) is 14.8. The van der Waals surface area contributed by atoms with Crippen LogP contribution in [0.15, 0.2) is 66.7 Å². The van der Waals surface area contributed by atoms with Gasteiger partial charge in [0.15, 0.2) is 0 Å². The zero-order chi connectivity index (χ0) is 29.5. The van der Waals surface area contributed by atoms with Crippen LogP contribution in [0.1, 0.15) is 41.5 Å². The molecule has 1 aliphatic carbocycles. The molecular formula is C34H41N3O5. The van der Waals surface area contributed by atoms with E-state index in [4.69, 9.17) is 14.2 Å². The molecule has 5 rings (SSSR count). The highest BCUT2D eigenvalue weighted by atomic mass is 16.5. The van der Waals surface area contributed by atoms with Gasteiger partial charge in [0.1, 0.15) is 17.5 Å². The molecule has 1 N–H and O–H groups in total. The van der Waals surface area contributed by atoms with Crippen LogP contribution in [0.4, 0.5) is 5.69 Å². The largest absolute Gasteiger partial charge is 0.496 e. The van der Waals surface area contributed by atoms with E-state index in [0.717, 1.165) is 36.1 Å². The summed E-state index contributed by atoms with van der Waals surface area (Å²) >= 11 is 0. The van der Waals surface area contributed by atoms with Crippen molar-refractivity contribution in [3.05, 3.63) is 89.0 Å². The molecular weight excluding hydrogens is 530 g/mol. The van der Waals surface area contributed by atoms with Gasteiger partial charge in [-0.15, -0.1) is 0 Å².